The van der Waals surface area contributed by atoms with E-state index >= 15 is 0 Å². The summed E-state index contributed by atoms with van der Waals surface area (Å²) in [5.41, 5.74) is 1.29. The Bertz CT molecular complexity index is 468. The second kappa shape index (κ2) is 7.07. The zero-order valence-electron chi connectivity index (χ0n) is 12.3. The van der Waals surface area contributed by atoms with E-state index in [-0.39, 0.29) is 5.91 Å². The van der Waals surface area contributed by atoms with E-state index < -0.39 is 0 Å². The number of hydrogen-bond acceptors (Lipinski definition) is 2. The molecule has 1 aromatic heterocycles. The molecule has 1 aliphatic rings. The van der Waals surface area contributed by atoms with Crippen LogP contribution in [0, 0.1) is 18.8 Å². The van der Waals surface area contributed by atoms with Crippen LogP contribution in [-0.4, -0.2) is 17.4 Å². The van der Waals surface area contributed by atoms with Crippen molar-refractivity contribution in [2.24, 2.45) is 11.8 Å². The number of aryl methyl sites for hydroxylation is 1. The van der Waals surface area contributed by atoms with Crippen LogP contribution >= 0.6 is 11.6 Å². The fraction of sp³-hybridized carbons (Fsp3) is 0.625. The zero-order valence-corrected chi connectivity index (χ0v) is 13.0. The third-order valence-corrected chi connectivity index (χ3v) is 4.52. The lowest BCUT2D eigenvalue weighted by atomic mass is 9.81. The zero-order chi connectivity index (χ0) is 14.5. The second-order valence-corrected chi connectivity index (χ2v) is 6.38. The summed E-state index contributed by atoms with van der Waals surface area (Å²) in [5.74, 6) is 1.52. The summed E-state index contributed by atoms with van der Waals surface area (Å²) < 4.78 is 0. The summed E-state index contributed by atoms with van der Waals surface area (Å²) in [7, 11) is 0. The maximum atomic E-state index is 12.0. The van der Waals surface area contributed by atoms with Crippen LogP contribution in [-0.2, 0) is 0 Å². The number of pyridine rings is 1. The van der Waals surface area contributed by atoms with Gasteiger partial charge in [-0.2, -0.15) is 0 Å². The van der Waals surface area contributed by atoms with Gasteiger partial charge in [0.25, 0.3) is 5.91 Å². The molecule has 0 radical (unpaired) electrons. The van der Waals surface area contributed by atoms with Crippen LogP contribution in [0.5, 0.6) is 0 Å². The maximum absolute atomic E-state index is 12.0. The van der Waals surface area contributed by atoms with Gasteiger partial charge in [-0.15, -0.1) is 0 Å². The van der Waals surface area contributed by atoms with E-state index in [9.17, 15) is 4.79 Å². The van der Waals surface area contributed by atoms with Gasteiger partial charge >= 0.3 is 0 Å². The fourth-order valence-electron chi connectivity index (χ4n) is 2.80. The lowest BCUT2D eigenvalue weighted by Crippen LogP contribution is -2.27. The van der Waals surface area contributed by atoms with Gasteiger partial charge in [-0.1, -0.05) is 44.2 Å². The molecular weight excluding hydrogens is 272 g/mol. The van der Waals surface area contributed by atoms with Crippen LogP contribution in [0.4, 0.5) is 0 Å². The second-order valence-electron chi connectivity index (χ2n) is 5.98. The topological polar surface area (TPSA) is 42.0 Å². The van der Waals surface area contributed by atoms with Crippen molar-refractivity contribution in [1.82, 2.24) is 10.3 Å². The molecule has 1 aromatic rings. The van der Waals surface area contributed by atoms with Gasteiger partial charge < -0.3 is 5.32 Å². The van der Waals surface area contributed by atoms with Crippen molar-refractivity contribution < 1.29 is 4.79 Å². The SMILES string of the molecule is Cc1cc(Cl)c(C(=O)NCCC2CCC(C)CC2)cn1. The van der Waals surface area contributed by atoms with E-state index in [0.717, 1.165) is 30.5 Å². The largest absolute Gasteiger partial charge is 0.352 e. The molecule has 0 aliphatic heterocycles. The average molecular weight is 295 g/mol. The van der Waals surface area contributed by atoms with E-state index in [2.05, 4.69) is 17.2 Å². The fourth-order valence-corrected chi connectivity index (χ4v) is 3.09. The Morgan fingerprint density at radius 2 is 2.10 bits per heavy atom. The summed E-state index contributed by atoms with van der Waals surface area (Å²) in [6.07, 6.45) is 7.86. The molecule has 1 saturated carbocycles. The summed E-state index contributed by atoms with van der Waals surface area (Å²) in [4.78, 5) is 16.2. The predicted molar refractivity (Wildman–Crippen MR) is 82.1 cm³/mol. The average Bonchev–Trinajstić information content (AvgIpc) is 2.41. The molecule has 1 N–H and O–H groups in total. The minimum Gasteiger partial charge on any atom is -0.352 e. The molecule has 0 bridgehead atoms. The molecule has 0 unspecified atom stereocenters. The van der Waals surface area contributed by atoms with Gasteiger partial charge in [0, 0.05) is 18.4 Å². The number of rotatable bonds is 4. The van der Waals surface area contributed by atoms with E-state index in [1.165, 1.54) is 25.7 Å². The van der Waals surface area contributed by atoms with Crippen LogP contribution in [0.25, 0.3) is 0 Å². The summed E-state index contributed by atoms with van der Waals surface area (Å²) in [6.45, 7) is 4.91. The molecule has 1 amide bonds. The molecule has 0 spiro atoms. The molecule has 2 rings (SSSR count). The number of carbonyl (C=O) groups excluding carboxylic acids is 1. The molecule has 1 fully saturated rings. The molecule has 4 heteroatoms. The van der Waals surface area contributed by atoms with Crippen molar-refractivity contribution >= 4 is 17.5 Å². The molecule has 0 saturated heterocycles. The highest BCUT2D eigenvalue weighted by atomic mass is 35.5. The molecule has 0 aromatic carbocycles. The van der Waals surface area contributed by atoms with Gasteiger partial charge in [0.15, 0.2) is 0 Å². The Hall–Kier alpha value is -1.09. The van der Waals surface area contributed by atoms with Gasteiger partial charge in [0.1, 0.15) is 0 Å². The standard InChI is InChI=1S/C16H23ClN2O/c1-11-3-5-13(6-4-11)7-8-18-16(20)14-10-19-12(2)9-15(14)17/h9-11,13H,3-8H2,1-2H3,(H,18,20). The Morgan fingerprint density at radius 3 is 2.75 bits per heavy atom. The first kappa shape index (κ1) is 15.3. The molecule has 3 nitrogen and oxygen atoms in total. The van der Waals surface area contributed by atoms with Gasteiger partial charge in [0.2, 0.25) is 0 Å². The Kier molecular flexibility index (Phi) is 5.41. The van der Waals surface area contributed by atoms with Crippen LogP contribution < -0.4 is 5.32 Å². The van der Waals surface area contributed by atoms with Crippen LogP contribution in [0.15, 0.2) is 12.3 Å². The summed E-state index contributed by atoms with van der Waals surface area (Å²) in [5, 5.41) is 3.43. The van der Waals surface area contributed by atoms with Crippen LogP contribution in [0.2, 0.25) is 5.02 Å². The van der Waals surface area contributed by atoms with Crippen molar-refractivity contribution in [2.45, 2.75) is 46.0 Å². The Balaban J connectivity index is 1.77. The van der Waals surface area contributed by atoms with E-state index in [1.54, 1.807) is 12.3 Å². The highest BCUT2D eigenvalue weighted by molar-refractivity contribution is 6.33. The van der Waals surface area contributed by atoms with Crippen molar-refractivity contribution in [3.05, 3.63) is 28.5 Å². The Morgan fingerprint density at radius 1 is 1.40 bits per heavy atom. The Labute approximate surface area is 126 Å². The number of carbonyl (C=O) groups is 1. The third kappa shape index (κ3) is 4.20. The van der Waals surface area contributed by atoms with Crippen LogP contribution in [0.1, 0.15) is 55.1 Å². The molecule has 110 valence electrons. The maximum Gasteiger partial charge on any atom is 0.254 e. The van der Waals surface area contributed by atoms with Crippen LogP contribution in [0.3, 0.4) is 0 Å². The van der Waals surface area contributed by atoms with Crippen molar-refractivity contribution in [3.8, 4) is 0 Å². The number of nitrogens with one attached hydrogen (secondary N) is 1. The smallest absolute Gasteiger partial charge is 0.254 e. The summed E-state index contributed by atoms with van der Waals surface area (Å²) in [6, 6.07) is 1.72. The molecule has 0 atom stereocenters. The monoisotopic (exact) mass is 294 g/mol. The lowest BCUT2D eigenvalue weighted by Gasteiger charge is -2.26. The number of aromatic nitrogens is 1. The number of amides is 1. The minimum atomic E-state index is -0.119. The lowest BCUT2D eigenvalue weighted by molar-refractivity contribution is 0.0949. The van der Waals surface area contributed by atoms with Crippen molar-refractivity contribution in [1.29, 1.82) is 0 Å². The number of halogens is 1. The molecule has 20 heavy (non-hydrogen) atoms. The first-order valence-corrected chi connectivity index (χ1v) is 7.84. The molecule has 1 heterocycles. The van der Waals surface area contributed by atoms with Crippen molar-refractivity contribution in [3.63, 3.8) is 0 Å². The van der Waals surface area contributed by atoms with E-state index in [1.807, 2.05) is 6.92 Å². The quantitative estimate of drug-likeness (QED) is 0.912. The molecular formula is C16H23ClN2O. The van der Waals surface area contributed by atoms with Gasteiger partial charge in [0.05, 0.1) is 10.6 Å². The van der Waals surface area contributed by atoms with Gasteiger partial charge in [-0.05, 0) is 31.2 Å². The minimum absolute atomic E-state index is 0.119. The number of nitrogens with zero attached hydrogens (tertiary/aromatic N) is 1. The molecule has 1 aliphatic carbocycles. The first-order valence-electron chi connectivity index (χ1n) is 7.46. The highest BCUT2D eigenvalue weighted by Crippen LogP contribution is 2.29. The highest BCUT2D eigenvalue weighted by Gasteiger charge is 2.18. The predicted octanol–water partition coefficient (Wildman–Crippen LogP) is 3.99. The van der Waals surface area contributed by atoms with Gasteiger partial charge in [-0.25, -0.2) is 0 Å². The van der Waals surface area contributed by atoms with Crippen molar-refractivity contribution in [2.75, 3.05) is 6.54 Å². The van der Waals surface area contributed by atoms with E-state index in [4.69, 9.17) is 11.6 Å². The third-order valence-electron chi connectivity index (χ3n) is 4.21. The summed E-state index contributed by atoms with van der Waals surface area (Å²) >= 11 is 6.07. The van der Waals surface area contributed by atoms with Gasteiger partial charge in [-0.3, -0.25) is 9.78 Å². The first-order chi connectivity index (χ1) is 9.56. The van der Waals surface area contributed by atoms with E-state index in [0.29, 0.717) is 10.6 Å². The number of hydrogen-bond donors (Lipinski definition) is 1. The normalized spacial score (nSPS) is 22.6.